The fraction of sp³-hybridized carbons (Fsp3) is 0.300. The molecule has 0 spiro atoms. The van der Waals surface area contributed by atoms with Crippen LogP contribution in [0.2, 0.25) is 5.02 Å². The van der Waals surface area contributed by atoms with Crippen LogP contribution in [0.4, 0.5) is 5.82 Å². The first-order chi connectivity index (χ1) is 7.35. The van der Waals surface area contributed by atoms with Gasteiger partial charge in [-0.3, -0.25) is 4.79 Å². The lowest BCUT2D eigenvalue weighted by Crippen LogP contribution is -2.41. The molecule has 0 bridgehead atoms. The molecule has 0 aliphatic heterocycles. The van der Waals surface area contributed by atoms with E-state index in [9.17, 15) is 4.79 Å². The summed E-state index contributed by atoms with van der Waals surface area (Å²) in [5.41, 5.74) is 4.55. The summed E-state index contributed by atoms with van der Waals surface area (Å²) < 4.78 is 0. The number of hydrogen-bond acceptors (Lipinski definition) is 3. The smallest absolute Gasteiger partial charge is 0.238 e. The van der Waals surface area contributed by atoms with Gasteiger partial charge in [-0.05, 0) is 26.0 Å². The third kappa shape index (κ3) is 2.68. The van der Waals surface area contributed by atoms with Crippen LogP contribution >= 0.6 is 23.8 Å². The van der Waals surface area contributed by atoms with Crippen LogP contribution in [0.5, 0.6) is 0 Å². The summed E-state index contributed by atoms with van der Waals surface area (Å²) in [6.07, 6.45) is 1.54. The van der Waals surface area contributed by atoms with E-state index < -0.39 is 5.41 Å². The molecule has 4 nitrogen and oxygen atoms in total. The second-order valence-electron chi connectivity index (χ2n) is 3.78. The molecule has 0 radical (unpaired) electrons. The molecule has 0 atom stereocenters. The third-order valence-corrected chi connectivity index (χ3v) is 2.99. The molecule has 1 aromatic heterocycles. The Bertz CT molecular complexity index is 434. The summed E-state index contributed by atoms with van der Waals surface area (Å²) in [6.45, 7) is 3.28. The first-order valence-electron chi connectivity index (χ1n) is 4.57. The van der Waals surface area contributed by atoms with Gasteiger partial charge in [0.15, 0.2) is 5.82 Å². The highest BCUT2D eigenvalue weighted by Gasteiger charge is 2.31. The third-order valence-electron chi connectivity index (χ3n) is 2.17. The molecule has 1 rings (SSSR count). The maximum atomic E-state index is 11.9. The molecule has 0 unspecified atom stereocenters. The van der Waals surface area contributed by atoms with E-state index in [0.717, 1.165) is 0 Å². The molecule has 16 heavy (non-hydrogen) atoms. The molecule has 6 heteroatoms. The Morgan fingerprint density at radius 1 is 1.62 bits per heavy atom. The minimum Gasteiger partial charge on any atom is -0.392 e. The largest absolute Gasteiger partial charge is 0.392 e. The van der Waals surface area contributed by atoms with Crippen LogP contribution in [-0.4, -0.2) is 15.9 Å². The van der Waals surface area contributed by atoms with Crippen molar-refractivity contribution >= 4 is 40.5 Å². The number of amides is 1. The Balaban J connectivity index is 2.88. The van der Waals surface area contributed by atoms with E-state index in [2.05, 4.69) is 10.3 Å². The van der Waals surface area contributed by atoms with Crippen molar-refractivity contribution in [2.75, 3.05) is 5.32 Å². The summed E-state index contributed by atoms with van der Waals surface area (Å²) in [5.74, 6) is -0.0286. The van der Waals surface area contributed by atoms with Crippen molar-refractivity contribution in [2.24, 2.45) is 11.1 Å². The number of carbonyl (C=O) groups excluding carboxylic acids is 1. The number of nitrogens with one attached hydrogen (secondary N) is 1. The highest BCUT2D eigenvalue weighted by Crippen LogP contribution is 2.22. The fourth-order valence-corrected chi connectivity index (χ4v) is 1.11. The van der Waals surface area contributed by atoms with E-state index >= 15 is 0 Å². The van der Waals surface area contributed by atoms with Crippen LogP contribution in [0.25, 0.3) is 0 Å². The van der Waals surface area contributed by atoms with Crippen molar-refractivity contribution in [1.29, 1.82) is 0 Å². The summed E-state index contributed by atoms with van der Waals surface area (Å²) in [6, 6.07) is 3.31. The molecule has 0 saturated heterocycles. The number of nitrogens with two attached hydrogens (primary N) is 1. The van der Waals surface area contributed by atoms with E-state index in [4.69, 9.17) is 29.6 Å². The highest BCUT2D eigenvalue weighted by molar-refractivity contribution is 7.80. The predicted octanol–water partition coefficient (Wildman–Crippen LogP) is 1.99. The van der Waals surface area contributed by atoms with Crippen molar-refractivity contribution in [2.45, 2.75) is 13.8 Å². The van der Waals surface area contributed by atoms with E-state index in [1.54, 1.807) is 26.0 Å². The Labute approximate surface area is 104 Å². The zero-order valence-corrected chi connectivity index (χ0v) is 10.5. The lowest BCUT2D eigenvalue weighted by Gasteiger charge is -2.21. The summed E-state index contributed by atoms with van der Waals surface area (Å²) >= 11 is 10.7. The summed E-state index contributed by atoms with van der Waals surface area (Å²) in [5, 5.41) is 2.95. The second-order valence-corrected chi connectivity index (χ2v) is 4.62. The molecule has 1 amide bonds. The quantitative estimate of drug-likeness (QED) is 0.813. The van der Waals surface area contributed by atoms with Crippen molar-refractivity contribution in [1.82, 2.24) is 4.98 Å². The van der Waals surface area contributed by atoms with Gasteiger partial charge in [-0.2, -0.15) is 0 Å². The van der Waals surface area contributed by atoms with E-state index in [1.165, 1.54) is 6.20 Å². The van der Waals surface area contributed by atoms with Crippen LogP contribution in [0.15, 0.2) is 18.3 Å². The standard InChI is InChI=1S/C10H12ClN3OS/c1-10(2,8(12)16)9(15)14-7-6(11)4-3-5-13-7/h3-5H,1-2H3,(H2,12,16)(H,13,14,15). The maximum absolute atomic E-state index is 11.9. The zero-order valence-electron chi connectivity index (χ0n) is 8.95. The Morgan fingerprint density at radius 2 is 2.25 bits per heavy atom. The molecule has 0 aromatic carbocycles. The number of aromatic nitrogens is 1. The van der Waals surface area contributed by atoms with E-state index in [1.807, 2.05) is 0 Å². The second kappa shape index (κ2) is 4.76. The number of nitrogens with zero attached hydrogens (tertiary/aromatic N) is 1. The summed E-state index contributed by atoms with van der Waals surface area (Å²) in [7, 11) is 0. The molecule has 0 aliphatic rings. The molecule has 0 fully saturated rings. The van der Waals surface area contributed by atoms with Crippen molar-refractivity contribution in [3.63, 3.8) is 0 Å². The van der Waals surface area contributed by atoms with Gasteiger partial charge in [0.2, 0.25) is 5.91 Å². The van der Waals surface area contributed by atoms with E-state index in [-0.39, 0.29) is 10.9 Å². The molecule has 3 N–H and O–H groups in total. The monoisotopic (exact) mass is 257 g/mol. The molecular formula is C10H12ClN3OS. The van der Waals surface area contributed by atoms with E-state index in [0.29, 0.717) is 10.8 Å². The van der Waals surface area contributed by atoms with Gasteiger partial charge in [-0.25, -0.2) is 4.98 Å². The number of thiocarbonyl (C=S) groups is 1. The van der Waals surface area contributed by atoms with Gasteiger partial charge in [-0.1, -0.05) is 23.8 Å². The molecule has 0 saturated carbocycles. The van der Waals surface area contributed by atoms with Crippen molar-refractivity contribution in [3.8, 4) is 0 Å². The summed E-state index contributed by atoms with van der Waals surface area (Å²) in [4.78, 5) is 15.9. The Hall–Kier alpha value is -1.20. The molecule has 0 aliphatic carbocycles. The molecular weight excluding hydrogens is 246 g/mol. The zero-order chi connectivity index (χ0) is 12.3. The van der Waals surface area contributed by atoms with Crippen molar-refractivity contribution < 1.29 is 4.79 Å². The van der Waals surface area contributed by atoms with Crippen LogP contribution < -0.4 is 11.1 Å². The fourth-order valence-electron chi connectivity index (χ4n) is 0.853. The number of anilines is 1. The lowest BCUT2D eigenvalue weighted by atomic mass is 9.92. The van der Waals surface area contributed by atoms with Gasteiger partial charge in [0, 0.05) is 6.20 Å². The minimum absolute atomic E-state index is 0.122. The van der Waals surface area contributed by atoms with Gasteiger partial charge < -0.3 is 11.1 Å². The van der Waals surface area contributed by atoms with Gasteiger partial charge in [0.25, 0.3) is 0 Å². The number of hydrogen-bond donors (Lipinski definition) is 2. The number of pyridine rings is 1. The number of halogens is 1. The highest BCUT2D eigenvalue weighted by atomic mass is 35.5. The Morgan fingerprint density at radius 3 is 2.75 bits per heavy atom. The molecule has 86 valence electrons. The first-order valence-corrected chi connectivity index (χ1v) is 5.36. The average molecular weight is 258 g/mol. The lowest BCUT2D eigenvalue weighted by molar-refractivity contribution is -0.121. The Kier molecular flexibility index (Phi) is 3.83. The van der Waals surface area contributed by atoms with Crippen LogP contribution in [-0.2, 0) is 4.79 Å². The number of carbonyl (C=O) groups is 1. The van der Waals surface area contributed by atoms with Crippen LogP contribution in [0, 0.1) is 5.41 Å². The topological polar surface area (TPSA) is 68.0 Å². The van der Waals surface area contributed by atoms with Crippen LogP contribution in [0.1, 0.15) is 13.8 Å². The first kappa shape index (κ1) is 12.9. The van der Waals surface area contributed by atoms with Gasteiger partial charge in [-0.15, -0.1) is 0 Å². The van der Waals surface area contributed by atoms with Gasteiger partial charge in [0.05, 0.1) is 15.4 Å². The SMILES string of the molecule is CC(C)(C(=O)Nc1ncccc1Cl)C(N)=S. The van der Waals surface area contributed by atoms with Crippen LogP contribution in [0.3, 0.4) is 0 Å². The number of rotatable bonds is 3. The average Bonchev–Trinajstić information content (AvgIpc) is 2.21. The minimum atomic E-state index is -0.934. The maximum Gasteiger partial charge on any atom is 0.238 e. The van der Waals surface area contributed by atoms with Gasteiger partial charge in [0.1, 0.15) is 0 Å². The molecule has 1 aromatic rings. The predicted molar refractivity (Wildman–Crippen MR) is 68.4 cm³/mol. The van der Waals surface area contributed by atoms with Gasteiger partial charge >= 0.3 is 0 Å². The van der Waals surface area contributed by atoms with Crippen molar-refractivity contribution in [3.05, 3.63) is 23.4 Å². The normalized spacial score (nSPS) is 10.9. The molecule has 1 heterocycles.